The monoisotopic (exact) mass is 548 g/mol. The highest BCUT2D eigenvalue weighted by atomic mass is 16.5. The molecule has 0 heterocycles. The molecule has 2 aromatic carbocycles. The van der Waals surface area contributed by atoms with Crippen molar-refractivity contribution in [3.8, 4) is 0 Å². The molecule has 218 valence electrons. The molecular weight excluding hydrogens is 500 g/mol. The number of benzene rings is 2. The van der Waals surface area contributed by atoms with Crippen molar-refractivity contribution in [2.75, 3.05) is 7.11 Å². The van der Waals surface area contributed by atoms with E-state index in [1.807, 2.05) is 48.6 Å². The van der Waals surface area contributed by atoms with Gasteiger partial charge in [0.15, 0.2) is 0 Å². The van der Waals surface area contributed by atoms with E-state index in [0.717, 1.165) is 68.8 Å². The Kier molecular flexibility index (Phi) is 17.0. The van der Waals surface area contributed by atoms with Gasteiger partial charge in [-0.25, -0.2) is 4.79 Å². The highest BCUT2D eigenvalue weighted by Crippen LogP contribution is 2.19. The quantitative estimate of drug-likeness (QED) is 0.0673. The summed E-state index contributed by atoms with van der Waals surface area (Å²) in [6.45, 7) is 2.21. The van der Waals surface area contributed by atoms with Gasteiger partial charge in [0.25, 0.3) is 0 Å². The maximum atomic E-state index is 12.9. The molecule has 0 spiro atoms. The van der Waals surface area contributed by atoms with Crippen molar-refractivity contribution in [1.29, 1.82) is 0 Å². The van der Waals surface area contributed by atoms with Gasteiger partial charge in [0.05, 0.1) is 12.7 Å². The number of carbonyl (C=O) groups is 3. The Balaban J connectivity index is 1.75. The average molecular weight is 549 g/mol. The molecule has 1 unspecified atom stereocenters. The van der Waals surface area contributed by atoms with Crippen LogP contribution in [-0.4, -0.2) is 31.4 Å². The molecule has 40 heavy (non-hydrogen) atoms. The number of carbonyl (C=O) groups excluding carboxylic acids is 3. The molecule has 2 aromatic rings. The van der Waals surface area contributed by atoms with Gasteiger partial charge in [-0.05, 0) is 55.4 Å². The minimum Gasteiger partial charge on any atom is -0.469 e. The fraction of sp³-hybridized carbons (Fsp3) is 0.514. The molecule has 0 bridgehead atoms. The number of hydrogen-bond donors (Lipinski definition) is 0. The van der Waals surface area contributed by atoms with Gasteiger partial charge in [0.2, 0.25) is 0 Å². The lowest BCUT2D eigenvalue weighted by molar-refractivity contribution is -0.140. The number of esters is 2. The molecule has 0 aliphatic rings. The third kappa shape index (κ3) is 14.3. The van der Waals surface area contributed by atoms with Gasteiger partial charge < -0.3 is 9.47 Å². The van der Waals surface area contributed by atoms with Gasteiger partial charge in [0.1, 0.15) is 12.4 Å². The van der Waals surface area contributed by atoms with Crippen molar-refractivity contribution in [3.63, 3.8) is 0 Å². The summed E-state index contributed by atoms with van der Waals surface area (Å²) >= 11 is 0. The van der Waals surface area contributed by atoms with Crippen LogP contribution < -0.4 is 0 Å². The van der Waals surface area contributed by atoms with Gasteiger partial charge in [0, 0.05) is 12.0 Å². The van der Waals surface area contributed by atoms with E-state index in [4.69, 9.17) is 4.74 Å². The van der Waals surface area contributed by atoms with Crippen molar-refractivity contribution in [1.82, 2.24) is 0 Å². The fourth-order valence-corrected chi connectivity index (χ4v) is 4.69. The van der Waals surface area contributed by atoms with Gasteiger partial charge in [-0.3, -0.25) is 9.59 Å². The lowest BCUT2D eigenvalue weighted by Gasteiger charge is -2.18. The lowest BCUT2D eigenvalue weighted by atomic mass is 10.0. The third-order valence-electron chi connectivity index (χ3n) is 7.23. The van der Waals surface area contributed by atoms with Crippen LogP contribution in [-0.2, 0) is 14.3 Å². The van der Waals surface area contributed by atoms with Gasteiger partial charge >= 0.3 is 11.9 Å². The maximum Gasteiger partial charge on any atom is 0.338 e. The minimum absolute atomic E-state index is 0.0309. The molecule has 2 rings (SSSR count). The summed E-state index contributed by atoms with van der Waals surface area (Å²) < 4.78 is 10.7. The van der Waals surface area contributed by atoms with Crippen LogP contribution in [0.25, 0.3) is 12.2 Å². The molecule has 0 aliphatic carbocycles. The molecule has 0 amide bonds. The number of hydrogen-bond acceptors (Lipinski definition) is 5. The molecule has 5 nitrogen and oxygen atoms in total. The molecule has 0 aliphatic heterocycles. The predicted molar refractivity (Wildman–Crippen MR) is 163 cm³/mol. The van der Waals surface area contributed by atoms with E-state index in [1.165, 1.54) is 45.6 Å². The van der Waals surface area contributed by atoms with Crippen molar-refractivity contribution >= 4 is 30.4 Å². The standard InChI is InChI=1S/C35H48O5/c1-3-4-5-12-15-33(16-13-10-8-6-7-9-11-14-17-34(37)39-2)40-35(38)32-26-24-30(25-27-32)19-18-29-20-22-31(28-36)23-21-29/h18-28,33H,3-17H2,1-2H3/b19-18+. The second-order valence-corrected chi connectivity index (χ2v) is 10.6. The van der Waals surface area contributed by atoms with Crippen molar-refractivity contribution in [2.45, 2.75) is 109 Å². The minimum atomic E-state index is -0.243. The largest absolute Gasteiger partial charge is 0.469 e. The van der Waals surface area contributed by atoms with E-state index in [9.17, 15) is 14.4 Å². The molecule has 1 atom stereocenters. The zero-order chi connectivity index (χ0) is 28.8. The SMILES string of the molecule is CCCCCCC(CCCCCCCCCCC(=O)OC)OC(=O)c1ccc(/C=C/c2ccc(C=O)cc2)cc1. The molecule has 0 fully saturated rings. The predicted octanol–water partition coefficient (Wildman–Crippen LogP) is 9.24. The Labute approximate surface area is 241 Å². The van der Waals surface area contributed by atoms with Crippen LogP contribution in [0.3, 0.4) is 0 Å². The summed E-state index contributed by atoms with van der Waals surface area (Å²) in [5.41, 5.74) is 3.24. The topological polar surface area (TPSA) is 69.7 Å². The molecule has 0 saturated carbocycles. The maximum absolute atomic E-state index is 12.9. The summed E-state index contributed by atoms with van der Waals surface area (Å²) in [6, 6.07) is 14.9. The van der Waals surface area contributed by atoms with Crippen molar-refractivity contribution in [3.05, 3.63) is 70.8 Å². The first-order valence-corrected chi connectivity index (χ1v) is 15.2. The molecule has 5 heteroatoms. The number of ether oxygens (including phenoxy) is 2. The highest BCUT2D eigenvalue weighted by molar-refractivity contribution is 5.90. The first-order chi connectivity index (χ1) is 19.5. The van der Waals surface area contributed by atoms with Crippen LogP contribution in [0.15, 0.2) is 48.5 Å². The Hall–Kier alpha value is -3.21. The highest BCUT2D eigenvalue weighted by Gasteiger charge is 2.16. The molecule has 0 N–H and O–H groups in total. The van der Waals surface area contributed by atoms with Crippen LogP contribution in [0.1, 0.15) is 135 Å². The van der Waals surface area contributed by atoms with Crippen LogP contribution in [0.2, 0.25) is 0 Å². The summed E-state index contributed by atoms with van der Waals surface area (Å²) in [5, 5.41) is 0. The summed E-state index contributed by atoms with van der Waals surface area (Å²) in [4.78, 5) is 34.9. The van der Waals surface area contributed by atoms with E-state index in [2.05, 4.69) is 11.7 Å². The number of unbranched alkanes of at least 4 members (excludes halogenated alkanes) is 10. The van der Waals surface area contributed by atoms with E-state index >= 15 is 0 Å². The smallest absolute Gasteiger partial charge is 0.338 e. The second kappa shape index (κ2) is 20.7. The second-order valence-electron chi connectivity index (χ2n) is 10.6. The first-order valence-electron chi connectivity index (χ1n) is 15.2. The zero-order valence-corrected chi connectivity index (χ0v) is 24.6. The molecule has 0 saturated heterocycles. The van der Waals surface area contributed by atoms with Crippen LogP contribution in [0.5, 0.6) is 0 Å². The Bertz CT molecular complexity index is 1010. The van der Waals surface area contributed by atoms with Gasteiger partial charge in [-0.2, -0.15) is 0 Å². The van der Waals surface area contributed by atoms with E-state index in [0.29, 0.717) is 17.5 Å². The van der Waals surface area contributed by atoms with Crippen LogP contribution in [0.4, 0.5) is 0 Å². The summed E-state index contributed by atoms with van der Waals surface area (Å²) in [6.07, 6.45) is 20.8. The van der Waals surface area contributed by atoms with Gasteiger partial charge in [-0.1, -0.05) is 113 Å². The van der Waals surface area contributed by atoms with Crippen LogP contribution >= 0.6 is 0 Å². The van der Waals surface area contributed by atoms with E-state index in [-0.39, 0.29) is 18.0 Å². The van der Waals surface area contributed by atoms with Crippen molar-refractivity contribution in [2.24, 2.45) is 0 Å². The normalized spacial score (nSPS) is 11.8. The Morgan fingerprint density at radius 1 is 0.675 bits per heavy atom. The molecule has 0 aromatic heterocycles. The van der Waals surface area contributed by atoms with Gasteiger partial charge in [-0.15, -0.1) is 0 Å². The molecule has 0 radical (unpaired) electrons. The summed E-state index contributed by atoms with van der Waals surface area (Å²) in [7, 11) is 1.44. The summed E-state index contributed by atoms with van der Waals surface area (Å²) in [5.74, 6) is -0.359. The Morgan fingerprint density at radius 2 is 1.15 bits per heavy atom. The first kappa shape index (κ1) is 33.0. The van der Waals surface area contributed by atoms with E-state index < -0.39 is 0 Å². The number of methoxy groups -OCH3 is 1. The lowest BCUT2D eigenvalue weighted by Crippen LogP contribution is -2.18. The van der Waals surface area contributed by atoms with Crippen molar-refractivity contribution < 1.29 is 23.9 Å². The fourth-order valence-electron chi connectivity index (χ4n) is 4.69. The Morgan fingerprint density at radius 3 is 1.68 bits per heavy atom. The van der Waals surface area contributed by atoms with E-state index in [1.54, 1.807) is 12.1 Å². The molecular formula is C35H48O5. The average Bonchev–Trinajstić information content (AvgIpc) is 2.99. The number of aldehydes is 1. The van der Waals surface area contributed by atoms with Crippen LogP contribution in [0, 0.1) is 0 Å². The zero-order valence-electron chi connectivity index (χ0n) is 24.6. The number of rotatable bonds is 21. The third-order valence-corrected chi connectivity index (χ3v) is 7.23.